The van der Waals surface area contributed by atoms with Gasteiger partial charge in [-0.15, -0.1) is 0 Å². The van der Waals surface area contributed by atoms with Crippen LogP contribution in [0.25, 0.3) is 0 Å². The van der Waals surface area contributed by atoms with Crippen molar-refractivity contribution < 1.29 is 9.47 Å². The van der Waals surface area contributed by atoms with Crippen LogP contribution < -0.4 is 0 Å². The number of nitriles is 1. The third kappa shape index (κ3) is 4.10. The number of benzene rings is 1. The van der Waals surface area contributed by atoms with Gasteiger partial charge in [-0.05, 0) is 37.8 Å². The zero-order chi connectivity index (χ0) is 14.2. The summed E-state index contributed by atoms with van der Waals surface area (Å²) in [5.74, 6) is 6.16. The van der Waals surface area contributed by atoms with E-state index in [2.05, 4.69) is 17.9 Å². The lowest BCUT2D eigenvalue weighted by molar-refractivity contribution is -0.176. The molecule has 1 heterocycles. The molecule has 104 valence electrons. The summed E-state index contributed by atoms with van der Waals surface area (Å²) in [6, 6.07) is 9.51. The lowest BCUT2D eigenvalue weighted by Gasteiger charge is -2.25. The molecule has 0 radical (unpaired) electrons. The predicted molar refractivity (Wildman–Crippen MR) is 76.8 cm³/mol. The van der Waals surface area contributed by atoms with Crippen molar-refractivity contribution >= 4 is 0 Å². The largest absolute Gasteiger partial charge is 0.353 e. The molecule has 20 heavy (non-hydrogen) atoms. The highest BCUT2D eigenvalue weighted by Crippen LogP contribution is 2.16. The van der Waals surface area contributed by atoms with Crippen LogP contribution in [0.3, 0.4) is 0 Å². The average Bonchev–Trinajstić information content (AvgIpc) is 2.52. The summed E-state index contributed by atoms with van der Waals surface area (Å²) < 4.78 is 11.4. The maximum absolute atomic E-state index is 9.03. The van der Waals surface area contributed by atoms with Crippen LogP contribution in [0, 0.1) is 23.2 Å². The molecule has 1 aliphatic heterocycles. The Hall–Kier alpha value is -1.81. The highest BCUT2D eigenvalue weighted by Gasteiger charge is 2.17. The first-order chi connectivity index (χ1) is 9.83. The minimum atomic E-state index is -0.148. The molecule has 2 unspecified atom stereocenters. The summed E-state index contributed by atoms with van der Waals surface area (Å²) in [6.45, 7) is 2.81. The van der Waals surface area contributed by atoms with Crippen LogP contribution in [-0.2, 0) is 9.47 Å². The number of hydrogen-bond acceptors (Lipinski definition) is 3. The third-order valence-corrected chi connectivity index (χ3v) is 3.24. The lowest BCUT2D eigenvalue weighted by atomic mass is 10.1. The molecule has 0 bridgehead atoms. The summed E-state index contributed by atoms with van der Waals surface area (Å²) in [6.07, 6.45) is 3.72. The van der Waals surface area contributed by atoms with Crippen molar-refractivity contribution in [3.63, 3.8) is 0 Å². The molecule has 0 spiro atoms. The second kappa shape index (κ2) is 7.70. The molecular formula is C17H19NO2. The quantitative estimate of drug-likeness (QED) is 0.791. The van der Waals surface area contributed by atoms with E-state index in [1.54, 1.807) is 6.07 Å². The van der Waals surface area contributed by atoms with Gasteiger partial charge in [-0.2, -0.15) is 5.26 Å². The molecule has 0 aromatic heterocycles. The maximum atomic E-state index is 9.03. The SMILES string of the molecule is CCC(C#Cc1ccccc1C#N)OC1CCCCO1. The van der Waals surface area contributed by atoms with E-state index in [1.165, 1.54) is 0 Å². The Morgan fingerprint density at radius 2 is 2.15 bits per heavy atom. The highest BCUT2D eigenvalue weighted by molar-refractivity contribution is 5.47. The fraction of sp³-hybridized carbons (Fsp3) is 0.471. The summed E-state index contributed by atoms with van der Waals surface area (Å²) in [7, 11) is 0. The molecule has 3 heteroatoms. The van der Waals surface area contributed by atoms with Crippen LogP contribution in [0.15, 0.2) is 24.3 Å². The summed E-state index contributed by atoms with van der Waals surface area (Å²) >= 11 is 0. The van der Waals surface area contributed by atoms with E-state index < -0.39 is 0 Å². The van der Waals surface area contributed by atoms with Gasteiger partial charge in [0.25, 0.3) is 0 Å². The Labute approximate surface area is 120 Å². The van der Waals surface area contributed by atoms with E-state index in [1.807, 2.05) is 25.1 Å². The summed E-state index contributed by atoms with van der Waals surface area (Å²) in [5, 5.41) is 9.03. The number of ether oxygens (including phenoxy) is 2. The van der Waals surface area contributed by atoms with Gasteiger partial charge in [0.2, 0.25) is 0 Å². The van der Waals surface area contributed by atoms with Crippen molar-refractivity contribution in [2.75, 3.05) is 6.61 Å². The smallest absolute Gasteiger partial charge is 0.159 e. The van der Waals surface area contributed by atoms with E-state index in [0.717, 1.165) is 37.9 Å². The zero-order valence-electron chi connectivity index (χ0n) is 11.8. The first kappa shape index (κ1) is 14.6. The van der Waals surface area contributed by atoms with Crippen LogP contribution in [0.4, 0.5) is 0 Å². The summed E-state index contributed by atoms with van der Waals surface area (Å²) in [5.41, 5.74) is 1.35. The molecule has 0 amide bonds. The normalized spacial score (nSPS) is 19.5. The molecule has 2 rings (SSSR count). The number of hydrogen-bond donors (Lipinski definition) is 0. The van der Waals surface area contributed by atoms with Crippen LogP contribution in [0.1, 0.15) is 43.7 Å². The van der Waals surface area contributed by atoms with E-state index >= 15 is 0 Å². The van der Waals surface area contributed by atoms with Gasteiger partial charge >= 0.3 is 0 Å². The van der Waals surface area contributed by atoms with Gasteiger partial charge in [0.15, 0.2) is 6.29 Å². The lowest BCUT2D eigenvalue weighted by Crippen LogP contribution is -2.26. The first-order valence-electron chi connectivity index (χ1n) is 7.11. The topological polar surface area (TPSA) is 42.2 Å². The molecular weight excluding hydrogens is 250 g/mol. The van der Waals surface area contributed by atoms with E-state index in [4.69, 9.17) is 14.7 Å². The Morgan fingerprint density at radius 3 is 2.80 bits per heavy atom. The van der Waals surface area contributed by atoms with Gasteiger partial charge in [0, 0.05) is 12.2 Å². The van der Waals surface area contributed by atoms with Crippen molar-refractivity contribution in [2.45, 2.75) is 45.0 Å². The van der Waals surface area contributed by atoms with Gasteiger partial charge in [-0.1, -0.05) is 30.9 Å². The standard InChI is InChI=1S/C17H19NO2/c1-2-16(20-17-9-5-6-12-19-17)11-10-14-7-3-4-8-15(14)13-18/h3-4,7-8,16-17H,2,5-6,9,12H2,1H3. The van der Waals surface area contributed by atoms with Crippen LogP contribution in [0.5, 0.6) is 0 Å². The van der Waals surface area contributed by atoms with Crippen molar-refractivity contribution in [3.05, 3.63) is 35.4 Å². The average molecular weight is 269 g/mol. The molecule has 0 N–H and O–H groups in total. The van der Waals surface area contributed by atoms with E-state index in [9.17, 15) is 0 Å². The molecule has 1 aliphatic rings. The Morgan fingerprint density at radius 1 is 1.35 bits per heavy atom. The Kier molecular flexibility index (Phi) is 5.62. The van der Waals surface area contributed by atoms with E-state index in [0.29, 0.717) is 5.56 Å². The van der Waals surface area contributed by atoms with Crippen LogP contribution >= 0.6 is 0 Å². The second-order valence-corrected chi connectivity index (χ2v) is 4.76. The van der Waals surface area contributed by atoms with Crippen LogP contribution in [0.2, 0.25) is 0 Å². The van der Waals surface area contributed by atoms with Crippen molar-refractivity contribution in [2.24, 2.45) is 0 Å². The molecule has 1 aromatic rings. The predicted octanol–water partition coefficient (Wildman–Crippen LogP) is 3.23. The summed E-state index contributed by atoms with van der Waals surface area (Å²) in [4.78, 5) is 0. The van der Waals surface area contributed by atoms with Gasteiger partial charge in [-0.3, -0.25) is 0 Å². The zero-order valence-corrected chi connectivity index (χ0v) is 11.8. The molecule has 1 fully saturated rings. The maximum Gasteiger partial charge on any atom is 0.159 e. The second-order valence-electron chi connectivity index (χ2n) is 4.76. The minimum Gasteiger partial charge on any atom is -0.353 e. The van der Waals surface area contributed by atoms with Crippen molar-refractivity contribution in [3.8, 4) is 17.9 Å². The third-order valence-electron chi connectivity index (χ3n) is 3.24. The highest BCUT2D eigenvalue weighted by atomic mass is 16.7. The Bertz CT molecular complexity index is 530. The fourth-order valence-electron chi connectivity index (χ4n) is 2.08. The number of rotatable bonds is 3. The first-order valence-corrected chi connectivity index (χ1v) is 7.11. The monoisotopic (exact) mass is 269 g/mol. The molecule has 0 saturated carbocycles. The Balaban J connectivity index is 2.02. The van der Waals surface area contributed by atoms with Gasteiger partial charge in [-0.25, -0.2) is 0 Å². The van der Waals surface area contributed by atoms with Gasteiger partial charge in [0.05, 0.1) is 5.56 Å². The molecule has 1 saturated heterocycles. The minimum absolute atomic E-state index is 0.130. The van der Waals surface area contributed by atoms with Crippen LogP contribution in [-0.4, -0.2) is 19.0 Å². The van der Waals surface area contributed by atoms with Crippen molar-refractivity contribution in [1.82, 2.24) is 0 Å². The molecule has 3 nitrogen and oxygen atoms in total. The van der Waals surface area contributed by atoms with Gasteiger partial charge < -0.3 is 9.47 Å². The van der Waals surface area contributed by atoms with E-state index in [-0.39, 0.29) is 12.4 Å². The molecule has 2 atom stereocenters. The van der Waals surface area contributed by atoms with Gasteiger partial charge in [0.1, 0.15) is 12.2 Å². The fourth-order valence-corrected chi connectivity index (χ4v) is 2.08. The molecule has 1 aromatic carbocycles. The number of nitrogens with zero attached hydrogens (tertiary/aromatic N) is 1. The molecule has 0 aliphatic carbocycles. The van der Waals surface area contributed by atoms with Crippen molar-refractivity contribution in [1.29, 1.82) is 5.26 Å².